The molecular weight excluding hydrogens is 605 g/mol. The Bertz CT molecular complexity index is 1220. The zero-order valence-electron chi connectivity index (χ0n) is 21.6. The van der Waals surface area contributed by atoms with Gasteiger partial charge in [0.25, 0.3) is 5.91 Å². The van der Waals surface area contributed by atoms with Crippen LogP contribution in [0.5, 0.6) is 0 Å². The van der Waals surface area contributed by atoms with Crippen LogP contribution in [0.4, 0.5) is 26.3 Å². The summed E-state index contributed by atoms with van der Waals surface area (Å²) in [5, 5.41) is 4.21. The largest absolute Gasteiger partial charge is 0.417 e. The van der Waals surface area contributed by atoms with E-state index in [0.29, 0.717) is 24.5 Å². The summed E-state index contributed by atoms with van der Waals surface area (Å²) in [6.45, 7) is 5.40. The lowest BCUT2D eigenvalue weighted by Gasteiger charge is -2.19. The first-order chi connectivity index (χ1) is 18.4. The molecule has 0 aliphatic rings. The Hall–Kier alpha value is -2.43. The Morgan fingerprint density at radius 1 is 0.925 bits per heavy atom. The summed E-state index contributed by atoms with van der Waals surface area (Å²) in [6, 6.07) is 4.43. The Kier molecular flexibility index (Phi) is 11.8. The standard InChI is InChI=1S/C27H27Cl3F6N2O2/c1-14(2)5-4-6-23(39)37-15(3)38-25(40)18-9-7-16(11-20(18)27(34,35)36)8-10-19(26(31,32)33)17-12-21(28)24(30)22(29)13-17/h7-15,19H,4-6H2,1-3H3,(H,37,39)(H,38,40)/b10-8+/t15-,19?/m1/s1. The Balaban J connectivity index is 2.29. The number of nitrogens with one attached hydrogen (secondary N) is 2. The van der Waals surface area contributed by atoms with E-state index in [4.69, 9.17) is 34.8 Å². The van der Waals surface area contributed by atoms with E-state index >= 15 is 0 Å². The van der Waals surface area contributed by atoms with Gasteiger partial charge in [-0.05, 0) is 54.7 Å². The van der Waals surface area contributed by atoms with E-state index in [-0.39, 0.29) is 38.5 Å². The highest BCUT2D eigenvalue weighted by atomic mass is 35.5. The summed E-state index contributed by atoms with van der Waals surface area (Å²) in [5.74, 6) is -3.34. The monoisotopic (exact) mass is 630 g/mol. The van der Waals surface area contributed by atoms with Crippen molar-refractivity contribution in [2.24, 2.45) is 5.92 Å². The molecule has 2 rings (SSSR count). The quantitative estimate of drug-likeness (QED) is 0.156. The van der Waals surface area contributed by atoms with Crippen LogP contribution in [-0.2, 0) is 11.0 Å². The second-order valence-corrected chi connectivity index (χ2v) is 10.7. The number of hydrogen-bond donors (Lipinski definition) is 2. The van der Waals surface area contributed by atoms with Gasteiger partial charge in [0, 0.05) is 6.42 Å². The molecule has 1 unspecified atom stereocenters. The van der Waals surface area contributed by atoms with Gasteiger partial charge >= 0.3 is 12.4 Å². The number of halogens is 9. The molecule has 0 aliphatic heterocycles. The number of carbonyl (C=O) groups excluding carboxylic acids is 2. The average molecular weight is 632 g/mol. The van der Waals surface area contributed by atoms with Crippen LogP contribution in [0.1, 0.15) is 73.0 Å². The molecule has 0 aromatic heterocycles. The number of carbonyl (C=O) groups is 2. The summed E-state index contributed by atoms with van der Waals surface area (Å²) >= 11 is 17.5. The number of alkyl halides is 6. The van der Waals surface area contributed by atoms with E-state index in [0.717, 1.165) is 36.8 Å². The molecule has 0 saturated heterocycles. The average Bonchev–Trinajstić information content (AvgIpc) is 2.80. The maximum absolute atomic E-state index is 13.8. The highest BCUT2D eigenvalue weighted by Gasteiger charge is 2.40. The van der Waals surface area contributed by atoms with Crippen LogP contribution in [0.15, 0.2) is 36.4 Å². The van der Waals surface area contributed by atoms with Crippen molar-refractivity contribution in [1.29, 1.82) is 0 Å². The molecule has 0 radical (unpaired) electrons. The molecule has 13 heteroatoms. The molecule has 0 aliphatic carbocycles. The van der Waals surface area contributed by atoms with Gasteiger partial charge in [-0.15, -0.1) is 0 Å². The van der Waals surface area contributed by atoms with Crippen LogP contribution >= 0.6 is 34.8 Å². The fourth-order valence-electron chi connectivity index (χ4n) is 3.76. The summed E-state index contributed by atoms with van der Waals surface area (Å²) < 4.78 is 82.9. The first-order valence-corrected chi connectivity index (χ1v) is 13.2. The van der Waals surface area contributed by atoms with Gasteiger partial charge in [-0.2, -0.15) is 26.3 Å². The molecule has 2 aromatic rings. The van der Waals surface area contributed by atoms with Gasteiger partial charge in [0.1, 0.15) is 0 Å². The molecule has 0 spiro atoms. The van der Waals surface area contributed by atoms with E-state index in [1.807, 2.05) is 13.8 Å². The molecule has 2 amide bonds. The third-order valence-electron chi connectivity index (χ3n) is 5.70. The molecule has 0 saturated carbocycles. The first-order valence-electron chi connectivity index (χ1n) is 12.1. The van der Waals surface area contributed by atoms with E-state index in [2.05, 4.69) is 10.6 Å². The predicted octanol–water partition coefficient (Wildman–Crippen LogP) is 9.04. The SMILES string of the molecule is CC(C)CCCC(=O)N[C@@H](C)NC(=O)c1ccc(/C=C/C(c2cc(Cl)c(Cl)c(Cl)c2)C(F)(F)F)cc1C(F)(F)F. The third kappa shape index (κ3) is 9.89. The van der Waals surface area contributed by atoms with Crippen LogP contribution in [0.2, 0.25) is 15.1 Å². The molecule has 0 bridgehead atoms. The van der Waals surface area contributed by atoms with Gasteiger partial charge in [0.05, 0.1) is 38.3 Å². The fourth-order valence-corrected chi connectivity index (χ4v) is 4.38. The van der Waals surface area contributed by atoms with Crippen molar-refractivity contribution in [3.63, 3.8) is 0 Å². The summed E-state index contributed by atoms with van der Waals surface area (Å²) in [6.07, 6.45) is -7.67. The highest BCUT2D eigenvalue weighted by Crippen LogP contribution is 2.41. The molecule has 2 aromatic carbocycles. The number of allylic oxidation sites excluding steroid dienone is 1. The van der Waals surface area contributed by atoms with Crippen LogP contribution in [0, 0.1) is 5.92 Å². The van der Waals surface area contributed by atoms with E-state index in [1.54, 1.807) is 0 Å². The molecule has 0 heterocycles. The van der Waals surface area contributed by atoms with Crippen molar-refractivity contribution < 1.29 is 35.9 Å². The molecule has 40 heavy (non-hydrogen) atoms. The number of benzene rings is 2. The van der Waals surface area contributed by atoms with Crippen LogP contribution in [0.25, 0.3) is 6.08 Å². The van der Waals surface area contributed by atoms with Crippen LogP contribution < -0.4 is 10.6 Å². The topological polar surface area (TPSA) is 58.2 Å². The minimum Gasteiger partial charge on any atom is -0.336 e. The zero-order chi connectivity index (χ0) is 30.4. The Labute approximate surface area is 243 Å². The van der Waals surface area contributed by atoms with Crippen molar-refractivity contribution in [1.82, 2.24) is 10.6 Å². The maximum Gasteiger partial charge on any atom is 0.417 e. The minimum atomic E-state index is -5.00. The Morgan fingerprint density at radius 3 is 2.05 bits per heavy atom. The highest BCUT2D eigenvalue weighted by molar-refractivity contribution is 6.48. The van der Waals surface area contributed by atoms with E-state index < -0.39 is 41.5 Å². The lowest BCUT2D eigenvalue weighted by Crippen LogP contribution is -2.46. The van der Waals surface area contributed by atoms with Gasteiger partial charge < -0.3 is 10.6 Å². The summed E-state index contributed by atoms with van der Waals surface area (Å²) in [5.41, 5.74) is -2.72. The number of hydrogen-bond acceptors (Lipinski definition) is 2. The van der Waals surface area contributed by atoms with Crippen molar-refractivity contribution in [2.45, 2.75) is 64.5 Å². The number of amides is 2. The van der Waals surface area contributed by atoms with E-state index in [9.17, 15) is 35.9 Å². The first kappa shape index (κ1) is 33.8. The van der Waals surface area contributed by atoms with Gasteiger partial charge in [0.2, 0.25) is 5.91 Å². The smallest absolute Gasteiger partial charge is 0.336 e. The molecular formula is C27H27Cl3F6N2O2. The minimum absolute atomic E-state index is 0.138. The van der Waals surface area contributed by atoms with Crippen LogP contribution in [-0.4, -0.2) is 24.2 Å². The second-order valence-electron chi connectivity index (χ2n) is 9.53. The van der Waals surface area contributed by atoms with Crippen molar-refractivity contribution in [2.75, 3.05) is 0 Å². The Morgan fingerprint density at radius 2 is 1.52 bits per heavy atom. The molecule has 220 valence electrons. The van der Waals surface area contributed by atoms with Crippen molar-refractivity contribution in [3.8, 4) is 0 Å². The number of rotatable bonds is 10. The molecule has 4 nitrogen and oxygen atoms in total. The molecule has 2 N–H and O–H groups in total. The van der Waals surface area contributed by atoms with Crippen molar-refractivity contribution in [3.05, 3.63) is 73.7 Å². The van der Waals surface area contributed by atoms with E-state index in [1.165, 1.54) is 6.92 Å². The summed E-state index contributed by atoms with van der Waals surface area (Å²) in [7, 11) is 0. The second kappa shape index (κ2) is 14.0. The lowest BCUT2D eigenvalue weighted by molar-refractivity contribution is -0.139. The lowest BCUT2D eigenvalue weighted by atomic mass is 9.96. The van der Waals surface area contributed by atoms with Gasteiger partial charge in [-0.1, -0.05) is 73.3 Å². The fraction of sp³-hybridized carbons (Fsp3) is 0.407. The summed E-state index contributed by atoms with van der Waals surface area (Å²) in [4.78, 5) is 24.7. The molecule has 2 atom stereocenters. The van der Waals surface area contributed by atoms with Crippen molar-refractivity contribution >= 4 is 52.7 Å². The van der Waals surface area contributed by atoms with Crippen LogP contribution in [0.3, 0.4) is 0 Å². The van der Waals surface area contributed by atoms with Gasteiger partial charge in [-0.3, -0.25) is 9.59 Å². The normalized spacial score (nSPS) is 13.9. The van der Waals surface area contributed by atoms with Gasteiger partial charge in [-0.25, -0.2) is 0 Å². The third-order valence-corrected chi connectivity index (χ3v) is 6.90. The predicted molar refractivity (Wildman–Crippen MR) is 145 cm³/mol. The van der Waals surface area contributed by atoms with Gasteiger partial charge in [0.15, 0.2) is 0 Å². The molecule has 0 fully saturated rings. The zero-order valence-corrected chi connectivity index (χ0v) is 23.9. The maximum atomic E-state index is 13.8.